The maximum absolute atomic E-state index is 11.4. The molecule has 0 spiro atoms. The van der Waals surface area contributed by atoms with Crippen molar-refractivity contribution in [1.29, 1.82) is 0 Å². The van der Waals surface area contributed by atoms with Gasteiger partial charge in [0.15, 0.2) is 0 Å². The number of methoxy groups -OCH3 is 1. The van der Waals surface area contributed by atoms with Crippen molar-refractivity contribution in [3.63, 3.8) is 0 Å². The summed E-state index contributed by atoms with van der Waals surface area (Å²) in [5.41, 5.74) is 15.3. The number of anilines is 1. The predicted octanol–water partition coefficient (Wildman–Crippen LogP) is 2.18. The van der Waals surface area contributed by atoms with Gasteiger partial charge in [0.1, 0.15) is 0 Å². The minimum atomic E-state index is -0.428. The van der Waals surface area contributed by atoms with Crippen LogP contribution in [-0.2, 0) is 11.3 Å². The number of carbonyl (C=O) groups is 1. The van der Waals surface area contributed by atoms with Crippen LogP contribution < -0.4 is 11.5 Å². The quantitative estimate of drug-likeness (QED) is 0.651. The number of esters is 1. The standard InChI is InChI=1S/C15H16N2O2/c1-19-15(18)13-7-6-12(8-14(13)17)11-4-2-10(9-16)3-5-11/h2-8H,9,16-17H2,1H3. The Bertz CT molecular complexity index is 592. The maximum atomic E-state index is 11.4. The lowest BCUT2D eigenvalue weighted by Crippen LogP contribution is -2.05. The largest absolute Gasteiger partial charge is 0.465 e. The Kier molecular flexibility index (Phi) is 3.82. The number of hydrogen-bond acceptors (Lipinski definition) is 4. The average molecular weight is 256 g/mol. The molecule has 0 heterocycles. The van der Waals surface area contributed by atoms with E-state index in [1.807, 2.05) is 30.3 Å². The van der Waals surface area contributed by atoms with Gasteiger partial charge in [-0.2, -0.15) is 0 Å². The van der Waals surface area contributed by atoms with Gasteiger partial charge in [0.2, 0.25) is 0 Å². The number of nitrogen functional groups attached to an aromatic ring is 1. The predicted molar refractivity (Wildman–Crippen MR) is 75.5 cm³/mol. The van der Waals surface area contributed by atoms with Gasteiger partial charge >= 0.3 is 5.97 Å². The van der Waals surface area contributed by atoms with Gasteiger partial charge in [-0.3, -0.25) is 0 Å². The lowest BCUT2D eigenvalue weighted by Gasteiger charge is -2.07. The molecule has 0 bridgehead atoms. The molecule has 0 atom stereocenters. The first-order chi connectivity index (χ1) is 9.15. The lowest BCUT2D eigenvalue weighted by molar-refractivity contribution is 0.0602. The molecule has 0 radical (unpaired) electrons. The molecule has 2 aromatic rings. The highest BCUT2D eigenvalue weighted by Gasteiger charge is 2.10. The Morgan fingerprint density at radius 2 is 1.74 bits per heavy atom. The van der Waals surface area contributed by atoms with E-state index in [-0.39, 0.29) is 0 Å². The summed E-state index contributed by atoms with van der Waals surface area (Å²) in [5, 5.41) is 0. The molecule has 0 aliphatic carbocycles. The monoisotopic (exact) mass is 256 g/mol. The van der Waals surface area contributed by atoms with E-state index in [1.54, 1.807) is 12.1 Å². The van der Waals surface area contributed by atoms with Crippen LogP contribution in [0.4, 0.5) is 5.69 Å². The molecule has 0 saturated carbocycles. The lowest BCUT2D eigenvalue weighted by atomic mass is 10.0. The Morgan fingerprint density at radius 1 is 1.11 bits per heavy atom. The zero-order valence-corrected chi connectivity index (χ0v) is 10.7. The first-order valence-corrected chi connectivity index (χ1v) is 5.93. The van der Waals surface area contributed by atoms with Crippen molar-refractivity contribution in [3.8, 4) is 11.1 Å². The number of rotatable bonds is 3. The van der Waals surface area contributed by atoms with Crippen LogP contribution in [-0.4, -0.2) is 13.1 Å². The molecule has 98 valence electrons. The van der Waals surface area contributed by atoms with E-state index >= 15 is 0 Å². The van der Waals surface area contributed by atoms with Crippen LogP contribution in [0.15, 0.2) is 42.5 Å². The second-order valence-electron chi connectivity index (χ2n) is 4.19. The van der Waals surface area contributed by atoms with E-state index in [0.717, 1.165) is 16.7 Å². The number of nitrogens with two attached hydrogens (primary N) is 2. The van der Waals surface area contributed by atoms with Crippen LogP contribution in [0.5, 0.6) is 0 Å². The fraction of sp³-hybridized carbons (Fsp3) is 0.133. The fourth-order valence-corrected chi connectivity index (χ4v) is 1.87. The Hall–Kier alpha value is -2.33. The molecule has 0 unspecified atom stereocenters. The van der Waals surface area contributed by atoms with Crippen LogP contribution in [0.2, 0.25) is 0 Å². The SMILES string of the molecule is COC(=O)c1ccc(-c2ccc(CN)cc2)cc1N. The van der Waals surface area contributed by atoms with E-state index in [9.17, 15) is 4.79 Å². The highest BCUT2D eigenvalue weighted by Crippen LogP contribution is 2.24. The number of carbonyl (C=O) groups excluding carboxylic acids is 1. The van der Waals surface area contributed by atoms with Gasteiger partial charge in [0.05, 0.1) is 12.7 Å². The molecule has 0 fully saturated rings. The van der Waals surface area contributed by atoms with Crippen molar-refractivity contribution in [3.05, 3.63) is 53.6 Å². The minimum Gasteiger partial charge on any atom is -0.465 e. The number of hydrogen-bond donors (Lipinski definition) is 2. The number of benzene rings is 2. The van der Waals surface area contributed by atoms with E-state index < -0.39 is 5.97 Å². The van der Waals surface area contributed by atoms with Crippen molar-refractivity contribution in [1.82, 2.24) is 0 Å². The summed E-state index contributed by atoms with van der Waals surface area (Å²) in [7, 11) is 1.33. The molecule has 4 N–H and O–H groups in total. The molecule has 2 aromatic carbocycles. The molecule has 2 rings (SSSR count). The zero-order valence-electron chi connectivity index (χ0n) is 10.7. The normalized spacial score (nSPS) is 10.2. The molecule has 0 aromatic heterocycles. The molecule has 0 aliphatic rings. The van der Waals surface area contributed by atoms with Gasteiger partial charge in [0.25, 0.3) is 0 Å². The van der Waals surface area contributed by atoms with Gasteiger partial charge in [-0.25, -0.2) is 4.79 Å². The van der Waals surface area contributed by atoms with Crippen molar-refractivity contribution in [2.45, 2.75) is 6.54 Å². The molecule has 0 saturated heterocycles. The minimum absolute atomic E-state index is 0.379. The highest BCUT2D eigenvalue weighted by atomic mass is 16.5. The smallest absolute Gasteiger partial charge is 0.339 e. The van der Waals surface area contributed by atoms with E-state index in [0.29, 0.717) is 17.8 Å². The molecular weight excluding hydrogens is 240 g/mol. The van der Waals surface area contributed by atoms with Crippen LogP contribution in [0, 0.1) is 0 Å². The first-order valence-electron chi connectivity index (χ1n) is 5.93. The van der Waals surface area contributed by atoms with Crippen molar-refractivity contribution in [2.75, 3.05) is 12.8 Å². The van der Waals surface area contributed by atoms with Gasteiger partial charge in [-0.05, 0) is 28.8 Å². The van der Waals surface area contributed by atoms with Crippen molar-refractivity contribution in [2.24, 2.45) is 5.73 Å². The zero-order chi connectivity index (χ0) is 13.8. The maximum Gasteiger partial charge on any atom is 0.339 e. The fourth-order valence-electron chi connectivity index (χ4n) is 1.87. The summed E-state index contributed by atoms with van der Waals surface area (Å²) >= 11 is 0. The third kappa shape index (κ3) is 2.74. The summed E-state index contributed by atoms with van der Waals surface area (Å²) in [6.45, 7) is 0.518. The molecule has 0 amide bonds. The van der Waals surface area contributed by atoms with Crippen molar-refractivity contribution < 1.29 is 9.53 Å². The summed E-state index contributed by atoms with van der Waals surface area (Å²) in [5.74, 6) is -0.428. The Labute approximate surface area is 112 Å². The topological polar surface area (TPSA) is 78.3 Å². The van der Waals surface area contributed by atoms with Gasteiger partial charge in [-0.15, -0.1) is 0 Å². The third-order valence-corrected chi connectivity index (χ3v) is 2.98. The molecule has 4 heteroatoms. The molecule has 4 nitrogen and oxygen atoms in total. The van der Waals surface area contributed by atoms with Crippen LogP contribution in [0.1, 0.15) is 15.9 Å². The second kappa shape index (κ2) is 5.54. The summed E-state index contributed by atoms with van der Waals surface area (Å²) in [6, 6.07) is 13.2. The molecule has 0 aliphatic heterocycles. The first kappa shape index (κ1) is 13.1. The van der Waals surface area contributed by atoms with Gasteiger partial charge < -0.3 is 16.2 Å². The van der Waals surface area contributed by atoms with Crippen LogP contribution >= 0.6 is 0 Å². The van der Waals surface area contributed by atoms with E-state index in [2.05, 4.69) is 4.74 Å². The van der Waals surface area contributed by atoms with Crippen LogP contribution in [0.3, 0.4) is 0 Å². The third-order valence-electron chi connectivity index (χ3n) is 2.98. The van der Waals surface area contributed by atoms with E-state index in [4.69, 9.17) is 11.5 Å². The second-order valence-corrected chi connectivity index (χ2v) is 4.19. The Balaban J connectivity index is 2.35. The van der Waals surface area contributed by atoms with Gasteiger partial charge in [0, 0.05) is 12.2 Å². The molecular formula is C15H16N2O2. The summed E-state index contributed by atoms with van der Waals surface area (Å²) < 4.78 is 4.66. The van der Waals surface area contributed by atoms with Crippen LogP contribution in [0.25, 0.3) is 11.1 Å². The summed E-state index contributed by atoms with van der Waals surface area (Å²) in [6.07, 6.45) is 0. The Morgan fingerprint density at radius 3 is 2.26 bits per heavy atom. The van der Waals surface area contributed by atoms with Gasteiger partial charge in [-0.1, -0.05) is 30.3 Å². The average Bonchev–Trinajstić information content (AvgIpc) is 2.46. The summed E-state index contributed by atoms with van der Waals surface area (Å²) in [4.78, 5) is 11.4. The molecule has 19 heavy (non-hydrogen) atoms. The highest BCUT2D eigenvalue weighted by molar-refractivity contribution is 5.96. The van der Waals surface area contributed by atoms with Crippen molar-refractivity contribution >= 4 is 11.7 Å². The van der Waals surface area contributed by atoms with E-state index in [1.165, 1.54) is 7.11 Å². The number of ether oxygens (including phenoxy) is 1.